The van der Waals surface area contributed by atoms with Crippen molar-refractivity contribution in [1.82, 2.24) is 28.9 Å². The van der Waals surface area contributed by atoms with Gasteiger partial charge in [-0.3, -0.25) is 9.08 Å². The topological polar surface area (TPSA) is 106 Å². The number of hydrogen-bond acceptors (Lipinski definition) is 7. The van der Waals surface area contributed by atoms with Gasteiger partial charge in [0.15, 0.2) is 11.5 Å². The Morgan fingerprint density at radius 2 is 2.06 bits per heavy atom. The highest BCUT2D eigenvalue weighted by atomic mass is 32.2. The van der Waals surface area contributed by atoms with E-state index < -0.39 is 10.0 Å². The minimum atomic E-state index is -3.55. The molecule has 11 heteroatoms. The molecule has 0 bridgehead atoms. The van der Waals surface area contributed by atoms with Gasteiger partial charge in [-0.15, -0.1) is 11.3 Å². The third kappa shape index (κ3) is 4.58. The number of allylic oxidation sites excluding steroid dienone is 2. The van der Waals surface area contributed by atoms with Gasteiger partial charge in [0.2, 0.25) is 10.0 Å². The largest absolute Gasteiger partial charge is 0.329 e. The summed E-state index contributed by atoms with van der Waals surface area (Å²) in [4.78, 5) is 9.63. The molecule has 188 valence electrons. The fourth-order valence-corrected chi connectivity index (χ4v) is 7.35. The molecule has 0 spiro atoms. The second-order valence-corrected chi connectivity index (χ2v) is 12.7. The summed E-state index contributed by atoms with van der Waals surface area (Å²) in [6.45, 7) is 2.34. The monoisotopic (exact) mass is 523 g/mol. The first-order valence-electron chi connectivity index (χ1n) is 12.3. The molecule has 4 heterocycles. The number of aryl methyl sites for hydroxylation is 2. The number of thiophene rings is 1. The smallest absolute Gasteiger partial charge is 0.250 e. The number of hydrogen-bond donors (Lipinski definition) is 2. The van der Waals surface area contributed by atoms with Crippen molar-refractivity contribution < 1.29 is 8.42 Å². The zero-order chi connectivity index (χ0) is 24.9. The van der Waals surface area contributed by atoms with E-state index in [4.69, 9.17) is 4.98 Å². The Bertz CT molecular complexity index is 1570. The minimum absolute atomic E-state index is 0.340. The summed E-state index contributed by atoms with van der Waals surface area (Å²) in [5.74, 6) is 1.08. The summed E-state index contributed by atoms with van der Waals surface area (Å²) < 4.78 is 32.7. The molecule has 2 aliphatic carbocycles. The van der Waals surface area contributed by atoms with Crippen LogP contribution in [0.5, 0.6) is 0 Å². The van der Waals surface area contributed by atoms with E-state index in [-0.39, 0.29) is 0 Å². The summed E-state index contributed by atoms with van der Waals surface area (Å²) in [6, 6.07) is 1.87. The predicted molar refractivity (Wildman–Crippen MR) is 142 cm³/mol. The molecule has 0 aliphatic heterocycles. The fraction of sp³-hybridized carbons (Fsp3) is 0.400. The Hall–Kier alpha value is -3.02. The van der Waals surface area contributed by atoms with Crippen molar-refractivity contribution in [2.24, 2.45) is 13.0 Å². The van der Waals surface area contributed by atoms with Crippen LogP contribution < -0.4 is 10.0 Å². The number of aromatic nitrogens is 5. The molecular formula is C25H29N7O2S2. The van der Waals surface area contributed by atoms with E-state index in [1.165, 1.54) is 23.3 Å². The molecule has 1 saturated carbocycles. The molecule has 1 fully saturated rings. The van der Waals surface area contributed by atoms with E-state index in [9.17, 15) is 8.42 Å². The molecule has 0 atom stereocenters. The van der Waals surface area contributed by atoms with Crippen molar-refractivity contribution in [3.63, 3.8) is 0 Å². The third-order valence-electron chi connectivity index (χ3n) is 6.73. The standard InChI is InChI=1S/C25H29N7O2S2/c1-16-10-22(35-25(16)36(33,34)28-11-17-8-9-17)30-23-24-26-13-21(19-12-27-31(2)14-19)32(24)15-20(29-23)18-6-4-3-5-7-18/h6,10,12-15,17,28H,3-5,7-9,11H2,1-2H3,(H,29,30). The highest BCUT2D eigenvalue weighted by Crippen LogP contribution is 2.36. The molecule has 2 N–H and O–H groups in total. The number of imidazole rings is 1. The van der Waals surface area contributed by atoms with Gasteiger partial charge in [-0.25, -0.2) is 23.1 Å². The van der Waals surface area contributed by atoms with Crippen molar-refractivity contribution in [2.45, 2.75) is 49.7 Å². The average molecular weight is 524 g/mol. The molecular weight excluding hydrogens is 494 g/mol. The first-order chi connectivity index (χ1) is 17.4. The van der Waals surface area contributed by atoms with Crippen LogP contribution in [-0.4, -0.2) is 39.1 Å². The Morgan fingerprint density at radius 1 is 1.19 bits per heavy atom. The molecule has 4 aromatic rings. The minimum Gasteiger partial charge on any atom is -0.329 e. The number of rotatable bonds is 8. The van der Waals surface area contributed by atoms with Gasteiger partial charge < -0.3 is 5.32 Å². The van der Waals surface area contributed by atoms with Crippen LogP contribution in [0.4, 0.5) is 10.8 Å². The average Bonchev–Trinajstić information content (AvgIpc) is 3.23. The maximum absolute atomic E-state index is 12.9. The molecule has 0 aromatic carbocycles. The summed E-state index contributed by atoms with van der Waals surface area (Å²) >= 11 is 1.22. The summed E-state index contributed by atoms with van der Waals surface area (Å²) in [5.41, 5.74) is 5.42. The summed E-state index contributed by atoms with van der Waals surface area (Å²) in [5, 5.41) is 8.43. The Labute approximate surface area is 214 Å². The van der Waals surface area contributed by atoms with Crippen molar-refractivity contribution in [3.05, 3.63) is 48.2 Å². The van der Waals surface area contributed by atoms with Gasteiger partial charge in [0.05, 0.1) is 28.8 Å². The Kier molecular flexibility index (Phi) is 5.93. The summed E-state index contributed by atoms with van der Waals surface area (Å²) in [6.07, 6.45) is 16.5. The van der Waals surface area contributed by atoms with E-state index >= 15 is 0 Å². The zero-order valence-corrected chi connectivity index (χ0v) is 22.0. The lowest BCUT2D eigenvalue weighted by molar-refractivity contribution is 0.579. The van der Waals surface area contributed by atoms with Gasteiger partial charge in [0.1, 0.15) is 4.21 Å². The quantitative estimate of drug-likeness (QED) is 0.341. The van der Waals surface area contributed by atoms with E-state index in [0.29, 0.717) is 33.7 Å². The normalized spacial score (nSPS) is 16.4. The van der Waals surface area contributed by atoms with Crippen molar-refractivity contribution >= 4 is 43.4 Å². The molecule has 0 radical (unpaired) electrons. The maximum atomic E-state index is 12.9. The number of nitrogens with zero attached hydrogens (tertiary/aromatic N) is 5. The van der Waals surface area contributed by atoms with E-state index in [1.54, 1.807) is 4.68 Å². The third-order valence-corrected chi connectivity index (χ3v) is 9.94. The van der Waals surface area contributed by atoms with Crippen LogP contribution in [-0.2, 0) is 17.1 Å². The van der Waals surface area contributed by atoms with Crippen LogP contribution in [0.1, 0.15) is 49.8 Å². The van der Waals surface area contributed by atoms with E-state index in [0.717, 1.165) is 54.1 Å². The van der Waals surface area contributed by atoms with Gasteiger partial charge in [-0.2, -0.15) is 5.10 Å². The molecule has 6 rings (SSSR count). The van der Waals surface area contributed by atoms with Gasteiger partial charge >= 0.3 is 0 Å². The van der Waals surface area contributed by atoms with Gasteiger partial charge in [0, 0.05) is 31.5 Å². The predicted octanol–water partition coefficient (Wildman–Crippen LogP) is 4.89. The fourth-order valence-electron chi connectivity index (χ4n) is 4.59. The van der Waals surface area contributed by atoms with Crippen molar-refractivity contribution in [1.29, 1.82) is 0 Å². The van der Waals surface area contributed by atoms with Gasteiger partial charge in [-0.05, 0) is 68.6 Å². The molecule has 0 saturated heterocycles. The first kappa shape index (κ1) is 23.4. The van der Waals surface area contributed by atoms with Crippen LogP contribution >= 0.6 is 11.3 Å². The van der Waals surface area contributed by atoms with Crippen LogP contribution in [0.2, 0.25) is 0 Å². The van der Waals surface area contributed by atoms with E-state index in [2.05, 4.69) is 26.2 Å². The first-order valence-corrected chi connectivity index (χ1v) is 14.6. The van der Waals surface area contributed by atoms with Gasteiger partial charge in [-0.1, -0.05) is 6.08 Å². The zero-order valence-electron chi connectivity index (χ0n) is 20.4. The highest BCUT2D eigenvalue weighted by molar-refractivity contribution is 7.91. The highest BCUT2D eigenvalue weighted by Gasteiger charge is 2.27. The van der Waals surface area contributed by atoms with Gasteiger partial charge in [0.25, 0.3) is 0 Å². The second kappa shape index (κ2) is 9.13. The Balaban J connectivity index is 1.40. The number of sulfonamides is 1. The molecule has 2 aliphatic rings. The molecule has 9 nitrogen and oxygen atoms in total. The van der Waals surface area contributed by atoms with Crippen molar-refractivity contribution in [2.75, 3.05) is 11.9 Å². The maximum Gasteiger partial charge on any atom is 0.250 e. The SMILES string of the molecule is Cc1cc(Nc2nc(C3=CCCCC3)cn3c(-c4cnn(C)c4)cnc23)sc1S(=O)(=O)NCC1CC1. The molecule has 0 amide bonds. The Morgan fingerprint density at radius 3 is 2.78 bits per heavy atom. The van der Waals surface area contributed by atoms with Crippen LogP contribution in [0.15, 0.2) is 41.1 Å². The molecule has 4 aromatic heterocycles. The van der Waals surface area contributed by atoms with Crippen LogP contribution in [0.25, 0.3) is 22.5 Å². The second-order valence-electron chi connectivity index (χ2n) is 9.69. The lowest BCUT2D eigenvalue weighted by Crippen LogP contribution is -2.25. The number of nitrogens with one attached hydrogen (secondary N) is 2. The van der Waals surface area contributed by atoms with Crippen LogP contribution in [0.3, 0.4) is 0 Å². The molecule has 36 heavy (non-hydrogen) atoms. The van der Waals surface area contributed by atoms with E-state index in [1.807, 2.05) is 49.2 Å². The van der Waals surface area contributed by atoms with Crippen molar-refractivity contribution in [3.8, 4) is 11.3 Å². The summed E-state index contributed by atoms with van der Waals surface area (Å²) in [7, 11) is -1.65. The number of anilines is 2. The lowest BCUT2D eigenvalue weighted by Gasteiger charge is -2.15. The number of fused-ring (bicyclic) bond motifs is 1. The lowest BCUT2D eigenvalue weighted by atomic mass is 9.97. The van der Waals surface area contributed by atoms with Crippen LogP contribution in [0, 0.1) is 12.8 Å². The molecule has 0 unspecified atom stereocenters.